The Morgan fingerprint density at radius 2 is 1.80 bits per heavy atom. The molecule has 0 N–H and O–H groups in total. The van der Waals surface area contributed by atoms with Crippen LogP contribution in [0.3, 0.4) is 0 Å². The highest BCUT2D eigenvalue weighted by Gasteiger charge is 1.98. The fourth-order valence-corrected chi connectivity index (χ4v) is 1.72. The first kappa shape index (κ1) is 11.8. The molecule has 0 amide bonds. The predicted molar refractivity (Wildman–Crippen MR) is 69.9 cm³/mol. The molecule has 15 heavy (non-hydrogen) atoms. The van der Waals surface area contributed by atoms with Crippen molar-refractivity contribution in [1.82, 2.24) is 0 Å². The van der Waals surface area contributed by atoms with Crippen LogP contribution in [-0.4, -0.2) is 0 Å². The van der Waals surface area contributed by atoms with Crippen LogP contribution in [-0.2, 0) is 6.42 Å². The molecule has 0 spiro atoms. The van der Waals surface area contributed by atoms with Gasteiger partial charge in [0.15, 0.2) is 0 Å². The van der Waals surface area contributed by atoms with E-state index in [1.807, 2.05) is 12.2 Å². The first-order chi connectivity index (χ1) is 7.31. The van der Waals surface area contributed by atoms with E-state index in [9.17, 15) is 0 Å². The van der Waals surface area contributed by atoms with Gasteiger partial charge in [-0.3, -0.25) is 0 Å². The number of unbranched alkanes of at least 4 members (excludes halogenated alkanes) is 2. The van der Waals surface area contributed by atoms with Crippen LogP contribution in [0.15, 0.2) is 31.4 Å². The van der Waals surface area contributed by atoms with E-state index in [1.165, 1.54) is 42.4 Å². The highest BCUT2D eigenvalue weighted by atomic mass is 14.0. The smallest absolute Gasteiger partial charge is 0.0187 e. The molecule has 0 bridgehead atoms. The van der Waals surface area contributed by atoms with E-state index in [0.717, 1.165) is 0 Å². The summed E-state index contributed by atoms with van der Waals surface area (Å²) in [5, 5.41) is 0. The normalized spacial score (nSPS) is 9.93. The van der Waals surface area contributed by atoms with Crippen LogP contribution in [0.4, 0.5) is 0 Å². The van der Waals surface area contributed by atoms with Crippen molar-refractivity contribution in [2.45, 2.75) is 32.6 Å². The van der Waals surface area contributed by atoms with E-state index in [2.05, 4.69) is 38.3 Å². The van der Waals surface area contributed by atoms with Gasteiger partial charge >= 0.3 is 0 Å². The summed E-state index contributed by atoms with van der Waals surface area (Å²) in [7, 11) is 0. The van der Waals surface area contributed by atoms with E-state index in [-0.39, 0.29) is 0 Å². The second kappa shape index (κ2) is 6.23. The number of hydrogen-bond acceptors (Lipinski definition) is 0. The predicted octanol–water partition coefficient (Wildman–Crippen LogP) is 4.71. The molecule has 0 aliphatic heterocycles. The minimum Gasteiger partial charge on any atom is -0.0984 e. The van der Waals surface area contributed by atoms with Crippen molar-refractivity contribution >= 4 is 12.2 Å². The summed E-state index contributed by atoms with van der Waals surface area (Å²) in [5.74, 6) is 0. The molecule has 0 nitrogen and oxygen atoms in total. The fourth-order valence-electron chi connectivity index (χ4n) is 1.72. The second-order valence-corrected chi connectivity index (χ2v) is 3.83. The Morgan fingerprint density at radius 3 is 2.40 bits per heavy atom. The molecule has 1 aromatic rings. The van der Waals surface area contributed by atoms with Gasteiger partial charge in [-0.1, -0.05) is 63.3 Å². The molecule has 1 rings (SSSR count). The SMILES string of the molecule is C=Cc1ccc(CCCCC)cc1C=C. The van der Waals surface area contributed by atoms with Gasteiger partial charge in [0, 0.05) is 0 Å². The lowest BCUT2D eigenvalue weighted by Gasteiger charge is -2.05. The van der Waals surface area contributed by atoms with Crippen molar-refractivity contribution in [1.29, 1.82) is 0 Å². The number of benzene rings is 1. The van der Waals surface area contributed by atoms with Gasteiger partial charge in [0.05, 0.1) is 0 Å². The molecular weight excluding hydrogens is 180 g/mol. The zero-order valence-corrected chi connectivity index (χ0v) is 9.63. The first-order valence-electron chi connectivity index (χ1n) is 5.69. The first-order valence-corrected chi connectivity index (χ1v) is 5.69. The summed E-state index contributed by atoms with van der Waals surface area (Å²) in [6.45, 7) is 9.86. The Balaban J connectivity index is 2.74. The van der Waals surface area contributed by atoms with Crippen LogP contribution in [0.1, 0.15) is 42.9 Å². The van der Waals surface area contributed by atoms with E-state index < -0.39 is 0 Å². The molecule has 0 unspecified atom stereocenters. The Hall–Kier alpha value is -1.30. The summed E-state index contributed by atoms with van der Waals surface area (Å²) in [5.41, 5.74) is 3.77. The average Bonchev–Trinajstić information content (AvgIpc) is 2.29. The summed E-state index contributed by atoms with van der Waals surface area (Å²) < 4.78 is 0. The summed E-state index contributed by atoms with van der Waals surface area (Å²) in [6.07, 6.45) is 8.82. The summed E-state index contributed by atoms with van der Waals surface area (Å²) >= 11 is 0. The van der Waals surface area contributed by atoms with Crippen LogP contribution >= 0.6 is 0 Å². The van der Waals surface area contributed by atoms with Crippen molar-refractivity contribution in [2.75, 3.05) is 0 Å². The highest BCUT2D eigenvalue weighted by molar-refractivity contribution is 5.64. The Labute approximate surface area is 93.3 Å². The average molecular weight is 200 g/mol. The fraction of sp³-hybridized carbons (Fsp3) is 0.333. The zero-order chi connectivity index (χ0) is 11.1. The van der Waals surface area contributed by atoms with E-state index in [4.69, 9.17) is 0 Å². The Kier molecular flexibility index (Phi) is 4.89. The number of rotatable bonds is 6. The number of hydrogen-bond donors (Lipinski definition) is 0. The molecule has 0 saturated heterocycles. The highest BCUT2D eigenvalue weighted by Crippen LogP contribution is 2.16. The van der Waals surface area contributed by atoms with Crippen molar-refractivity contribution < 1.29 is 0 Å². The van der Waals surface area contributed by atoms with Crippen molar-refractivity contribution in [2.24, 2.45) is 0 Å². The maximum atomic E-state index is 3.83. The monoisotopic (exact) mass is 200 g/mol. The molecule has 0 aliphatic rings. The molecule has 0 saturated carbocycles. The molecule has 0 heterocycles. The van der Waals surface area contributed by atoms with Crippen molar-refractivity contribution in [3.05, 3.63) is 48.0 Å². The van der Waals surface area contributed by atoms with Gasteiger partial charge in [0.25, 0.3) is 0 Å². The van der Waals surface area contributed by atoms with Gasteiger partial charge < -0.3 is 0 Å². The van der Waals surface area contributed by atoms with E-state index >= 15 is 0 Å². The largest absolute Gasteiger partial charge is 0.0984 e. The van der Waals surface area contributed by atoms with Crippen LogP contribution in [0.2, 0.25) is 0 Å². The van der Waals surface area contributed by atoms with Crippen LogP contribution < -0.4 is 0 Å². The van der Waals surface area contributed by atoms with Crippen LogP contribution in [0, 0.1) is 0 Å². The lowest BCUT2D eigenvalue weighted by atomic mass is 10.0. The van der Waals surface area contributed by atoms with Gasteiger partial charge in [0.2, 0.25) is 0 Å². The lowest BCUT2D eigenvalue weighted by Crippen LogP contribution is -1.88. The molecule has 0 atom stereocenters. The standard InChI is InChI=1S/C15H20/c1-4-7-8-9-13-10-11-14(5-2)15(6-3)12-13/h5-6,10-12H,2-4,7-9H2,1H3. The molecule has 0 fully saturated rings. The Morgan fingerprint density at radius 1 is 1.07 bits per heavy atom. The van der Waals surface area contributed by atoms with Gasteiger partial charge in [0.1, 0.15) is 0 Å². The third-order valence-corrected chi connectivity index (χ3v) is 2.66. The van der Waals surface area contributed by atoms with Crippen LogP contribution in [0.25, 0.3) is 12.2 Å². The minimum atomic E-state index is 1.17. The topological polar surface area (TPSA) is 0 Å². The van der Waals surface area contributed by atoms with Gasteiger partial charge in [-0.05, 0) is 29.5 Å². The molecule has 1 aromatic carbocycles. The molecule has 80 valence electrons. The van der Waals surface area contributed by atoms with E-state index in [1.54, 1.807) is 0 Å². The van der Waals surface area contributed by atoms with Gasteiger partial charge in [-0.15, -0.1) is 0 Å². The number of aryl methyl sites for hydroxylation is 1. The minimum absolute atomic E-state index is 1.17. The maximum Gasteiger partial charge on any atom is -0.0187 e. The third kappa shape index (κ3) is 3.39. The van der Waals surface area contributed by atoms with Gasteiger partial charge in [-0.2, -0.15) is 0 Å². The molecule has 0 heteroatoms. The quantitative estimate of drug-likeness (QED) is 0.584. The second-order valence-electron chi connectivity index (χ2n) is 3.83. The zero-order valence-electron chi connectivity index (χ0n) is 9.63. The maximum absolute atomic E-state index is 3.83. The van der Waals surface area contributed by atoms with E-state index in [0.29, 0.717) is 0 Å². The molecule has 0 aliphatic carbocycles. The molecule has 0 aromatic heterocycles. The lowest BCUT2D eigenvalue weighted by molar-refractivity contribution is 0.717. The van der Waals surface area contributed by atoms with Crippen molar-refractivity contribution in [3.63, 3.8) is 0 Å². The summed E-state index contributed by atoms with van der Waals surface area (Å²) in [6, 6.07) is 6.55. The van der Waals surface area contributed by atoms with Crippen LogP contribution in [0.5, 0.6) is 0 Å². The summed E-state index contributed by atoms with van der Waals surface area (Å²) in [4.78, 5) is 0. The molecule has 0 radical (unpaired) electrons. The van der Waals surface area contributed by atoms with Crippen molar-refractivity contribution in [3.8, 4) is 0 Å². The third-order valence-electron chi connectivity index (χ3n) is 2.66. The Bertz CT molecular complexity index is 334. The molecular formula is C15H20. The van der Waals surface area contributed by atoms with Gasteiger partial charge in [-0.25, -0.2) is 0 Å².